The largest absolute Gasteiger partial charge is 0.394 e. The Morgan fingerprint density at radius 2 is 2.24 bits per heavy atom. The molecule has 1 aliphatic rings. The van der Waals surface area contributed by atoms with Crippen LogP contribution in [0.1, 0.15) is 11.6 Å². The highest BCUT2D eigenvalue weighted by Crippen LogP contribution is 2.27. The molecular formula is C11H13N5O. The molecule has 2 unspecified atom stereocenters. The molecule has 3 heterocycles. The molecule has 2 aromatic rings. The highest BCUT2D eigenvalue weighted by Gasteiger charge is 2.22. The smallest absolute Gasteiger partial charge is 0.151 e. The van der Waals surface area contributed by atoms with Crippen molar-refractivity contribution in [2.75, 3.05) is 12.3 Å². The minimum atomic E-state index is 0.00383. The van der Waals surface area contributed by atoms with Gasteiger partial charge >= 0.3 is 0 Å². The Kier molecular flexibility index (Phi) is 2.31. The SMILES string of the molecule is Nc1ncnc2c(C3C=CC(CO)N3)c[nH]c12. The van der Waals surface area contributed by atoms with E-state index in [2.05, 4.69) is 20.3 Å². The van der Waals surface area contributed by atoms with Crippen LogP contribution in [-0.4, -0.2) is 32.7 Å². The van der Waals surface area contributed by atoms with Gasteiger partial charge in [-0.2, -0.15) is 0 Å². The van der Waals surface area contributed by atoms with Crippen LogP contribution < -0.4 is 11.1 Å². The maximum absolute atomic E-state index is 9.07. The number of aliphatic hydroxyl groups excluding tert-OH is 1. The Morgan fingerprint density at radius 1 is 1.35 bits per heavy atom. The average molecular weight is 231 g/mol. The summed E-state index contributed by atoms with van der Waals surface area (Å²) in [5.74, 6) is 0.446. The number of aromatic amines is 1. The Labute approximate surface area is 97.6 Å². The first-order valence-electron chi connectivity index (χ1n) is 5.42. The number of hydrogen-bond acceptors (Lipinski definition) is 5. The van der Waals surface area contributed by atoms with Gasteiger partial charge in [0.25, 0.3) is 0 Å². The topological polar surface area (TPSA) is 99.8 Å². The summed E-state index contributed by atoms with van der Waals surface area (Å²) < 4.78 is 0. The van der Waals surface area contributed by atoms with Crippen LogP contribution in [0.5, 0.6) is 0 Å². The number of fused-ring (bicyclic) bond motifs is 1. The van der Waals surface area contributed by atoms with E-state index in [9.17, 15) is 0 Å². The van der Waals surface area contributed by atoms with Crippen LogP contribution in [0.15, 0.2) is 24.7 Å². The van der Waals surface area contributed by atoms with Crippen LogP contribution in [0, 0.1) is 0 Å². The Balaban J connectivity index is 2.02. The van der Waals surface area contributed by atoms with E-state index in [4.69, 9.17) is 10.8 Å². The van der Waals surface area contributed by atoms with Crippen LogP contribution >= 0.6 is 0 Å². The number of anilines is 1. The van der Waals surface area contributed by atoms with Crippen molar-refractivity contribution in [2.45, 2.75) is 12.1 Å². The number of nitrogens with one attached hydrogen (secondary N) is 2. The number of nitrogens with zero attached hydrogens (tertiary/aromatic N) is 2. The van der Waals surface area contributed by atoms with Gasteiger partial charge in [-0.15, -0.1) is 0 Å². The van der Waals surface area contributed by atoms with Crippen molar-refractivity contribution in [3.63, 3.8) is 0 Å². The molecule has 2 aromatic heterocycles. The zero-order valence-electron chi connectivity index (χ0n) is 9.09. The predicted octanol–water partition coefficient (Wildman–Crippen LogP) is 0.101. The summed E-state index contributed by atoms with van der Waals surface area (Å²) in [6.07, 6.45) is 7.30. The minimum absolute atomic E-state index is 0.00383. The van der Waals surface area contributed by atoms with Gasteiger partial charge in [-0.1, -0.05) is 12.2 Å². The second kappa shape index (κ2) is 3.83. The number of nitrogen functional groups attached to an aromatic ring is 1. The van der Waals surface area contributed by atoms with Gasteiger partial charge in [-0.25, -0.2) is 9.97 Å². The number of aliphatic hydroxyl groups is 1. The van der Waals surface area contributed by atoms with Crippen LogP contribution in [-0.2, 0) is 0 Å². The number of nitrogens with two attached hydrogens (primary N) is 1. The summed E-state index contributed by atoms with van der Waals surface area (Å²) in [6, 6.07) is 0.0549. The molecule has 0 saturated carbocycles. The standard InChI is InChI=1S/C11H13N5O/c12-11-10-9(14-5-15-11)7(3-13-10)8-2-1-6(4-17)16-8/h1-3,5-6,8,13,16-17H,4H2,(H2,12,14,15). The lowest BCUT2D eigenvalue weighted by molar-refractivity contribution is 0.266. The molecule has 2 atom stereocenters. The van der Waals surface area contributed by atoms with Crippen molar-refractivity contribution in [3.05, 3.63) is 30.2 Å². The lowest BCUT2D eigenvalue weighted by Crippen LogP contribution is -2.28. The summed E-state index contributed by atoms with van der Waals surface area (Å²) in [7, 11) is 0. The van der Waals surface area contributed by atoms with Gasteiger partial charge in [0, 0.05) is 17.8 Å². The molecule has 0 aromatic carbocycles. The third-order valence-corrected chi connectivity index (χ3v) is 2.98. The van der Waals surface area contributed by atoms with Gasteiger partial charge in [-0.05, 0) is 0 Å². The van der Waals surface area contributed by atoms with Crippen LogP contribution in [0.25, 0.3) is 11.0 Å². The van der Waals surface area contributed by atoms with Gasteiger partial charge in [0.05, 0.1) is 18.2 Å². The minimum Gasteiger partial charge on any atom is -0.394 e. The van der Waals surface area contributed by atoms with E-state index in [1.54, 1.807) is 0 Å². The molecule has 88 valence electrons. The second-order valence-electron chi connectivity index (χ2n) is 4.04. The van der Waals surface area contributed by atoms with Gasteiger partial charge in [0.15, 0.2) is 5.82 Å². The van der Waals surface area contributed by atoms with Gasteiger partial charge in [0.2, 0.25) is 0 Å². The number of rotatable bonds is 2. The average Bonchev–Trinajstić information content (AvgIpc) is 2.94. The van der Waals surface area contributed by atoms with Gasteiger partial charge < -0.3 is 15.8 Å². The normalized spacial score (nSPS) is 23.6. The van der Waals surface area contributed by atoms with E-state index in [0.717, 1.165) is 16.6 Å². The Hall–Kier alpha value is -1.92. The quantitative estimate of drug-likeness (QED) is 0.549. The lowest BCUT2D eigenvalue weighted by atomic mass is 10.1. The third kappa shape index (κ3) is 1.58. The molecule has 6 heteroatoms. The van der Waals surface area contributed by atoms with Crippen molar-refractivity contribution in [1.82, 2.24) is 20.3 Å². The first-order chi connectivity index (χ1) is 8.29. The Bertz CT molecular complexity index is 576. The first kappa shape index (κ1) is 10.2. The highest BCUT2D eigenvalue weighted by molar-refractivity contribution is 5.87. The van der Waals surface area contributed by atoms with E-state index < -0.39 is 0 Å². The van der Waals surface area contributed by atoms with Crippen LogP contribution in [0.2, 0.25) is 0 Å². The lowest BCUT2D eigenvalue weighted by Gasteiger charge is -2.11. The summed E-state index contributed by atoms with van der Waals surface area (Å²) in [5, 5.41) is 12.3. The monoisotopic (exact) mass is 231 g/mol. The maximum atomic E-state index is 9.07. The molecule has 0 fully saturated rings. The van der Waals surface area contributed by atoms with Crippen molar-refractivity contribution in [3.8, 4) is 0 Å². The molecule has 6 nitrogen and oxygen atoms in total. The van der Waals surface area contributed by atoms with Gasteiger partial charge in [-0.3, -0.25) is 5.32 Å². The fraction of sp³-hybridized carbons (Fsp3) is 0.273. The van der Waals surface area contributed by atoms with E-state index in [-0.39, 0.29) is 18.7 Å². The molecule has 0 aliphatic carbocycles. The molecule has 0 bridgehead atoms. The molecule has 5 N–H and O–H groups in total. The van der Waals surface area contributed by atoms with Crippen LogP contribution in [0.4, 0.5) is 5.82 Å². The predicted molar refractivity (Wildman–Crippen MR) is 64.2 cm³/mol. The number of aromatic nitrogens is 3. The van der Waals surface area contributed by atoms with Crippen molar-refractivity contribution >= 4 is 16.9 Å². The molecule has 0 amide bonds. The summed E-state index contributed by atoms with van der Waals surface area (Å²) in [5.41, 5.74) is 8.35. The number of H-pyrrole nitrogens is 1. The van der Waals surface area contributed by atoms with E-state index >= 15 is 0 Å². The molecule has 0 spiro atoms. The van der Waals surface area contributed by atoms with E-state index in [1.165, 1.54) is 6.33 Å². The zero-order valence-corrected chi connectivity index (χ0v) is 9.09. The third-order valence-electron chi connectivity index (χ3n) is 2.98. The second-order valence-corrected chi connectivity index (χ2v) is 4.04. The summed E-state index contributed by atoms with van der Waals surface area (Å²) in [4.78, 5) is 11.3. The summed E-state index contributed by atoms with van der Waals surface area (Å²) >= 11 is 0. The fourth-order valence-corrected chi connectivity index (χ4v) is 2.11. The van der Waals surface area contributed by atoms with Crippen molar-refractivity contribution in [1.29, 1.82) is 0 Å². The first-order valence-corrected chi connectivity index (χ1v) is 5.42. The van der Waals surface area contributed by atoms with Crippen LogP contribution in [0.3, 0.4) is 0 Å². The zero-order chi connectivity index (χ0) is 11.8. The molecule has 1 aliphatic heterocycles. The van der Waals surface area contributed by atoms with Crippen molar-refractivity contribution < 1.29 is 5.11 Å². The fourth-order valence-electron chi connectivity index (χ4n) is 2.11. The molecular weight excluding hydrogens is 218 g/mol. The van der Waals surface area contributed by atoms with Gasteiger partial charge in [0.1, 0.15) is 11.8 Å². The number of hydrogen-bond donors (Lipinski definition) is 4. The molecule has 0 saturated heterocycles. The maximum Gasteiger partial charge on any atom is 0.151 e. The van der Waals surface area contributed by atoms with E-state index in [1.807, 2.05) is 18.3 Å². The highest BCUT2D eigenvalue weighted by atomic mass is 16.3. The molecule has 0 radical (unpaired) electrons. The molecule has 3 rings (SSSR count). The van der Waals surface area contributed by atoms with Crippen molar-refractivity contribution in [2.24, 2.45) is 0 Å². The Morgan fingerprint density at radius 3 is 3.00 bits per heavy atom. The molecule has 17 heavy (non-hydrogen) atoms. The summed E-state index contributed by atoms with van der Waals surface area (Å²) in [6.45, 7) is 0.0898. The van der Waals surface area contributed by atoms with E-state index in [0.29, 0.717) is 5.82 Å².